The first-order valence-electron chi connectivity index (χ1n) is 3.22. The van der Waals surface area contributed by atoms with Crippen molar-refractivity contribution in [3.05, 3.63) is 35.9 Å². The smallest absolute Gasteiger partial charge is 0.0622 e. The minimum absolute atomic E-state index is 0.760. The molecule has 0 aliphatic carbocycles. The van der Waals surface area contributed by atoms with Crippen molar-refractivity contribution in [2.45, 2.75) is 0 Å². The van der Waals surface area contributed by atoms with Gasteiger partial charge in [0, 0.05) is 4.40 Å². The quantitative estimate of drug-likeness (QED) is 0.571. The molecule has 2 nitrogen and oxygen atoms in total. The van der Waals surface area contributed by atoms with Crippen molar-refractivity contribution in [1.82, 2.24) is 4.40 Å². The Morgan fingerprint density at radius 1 is 1.27 bits per heavy atom. The Balaban J connectivity index is 2.37. The number of hydrogen-bond acceptors (Lipinski definition) is 3. The summed E-state index contributed by atoms with van der Waals surface area (Å²) in [4.78, 5) is 3.97. The molecule has 0 saturated carbocycles. The van der Waals surface area contributed by atoms with E-state index in [-0.39, 0.29) is 0 Å². The zero-order chi connectivity index (χ0) is 7.52. The van der Waals surface area contributed by atoms with Crippen molar-refractivity contribution in [3.8, 4) is 0 Å². The third-order valence-corrected chi connectivity index (χ3v) is 1.79. The molecule has 1 aliphatic rings. The van der Waals surface area contributed by atoms with E-state index in [1.165, 1.54) is 11.9 Å². The van der Waals surface area contributed by atoms with Crippen LogP contribution in [0.5, 0.6) is 0 Å². The summed E-state index contributed by atoms with van der Waals surface area (Å²) in [5.41, 5.74) is 3.76. The zero-order valence-corrected chi connectivity index (χ0v) is 6.51. The maximum Gasteiger partial charge on any atom is 0.381 e. The minimum atomic E-state index is 0.760. The Hall–Kier alpha value is -1.09. The van der Waals surface area contributed by atoms with E-state index in [0.29, 0.717) is 0 Å². The summed E-state index contributed by atoms with van der Waals surface area (Å²) in [6.45, 7) is 0. The van der Waals surface area contributed by atoms with Gasteiger partial charge in [-0.15, -0.1) is 0 Å². The van der Waals surface area contributed by atoms with Crippen molar-refractivity contribution >= 4 is 23.3 Å². The van der Waals surface area contributed by atoms with Crippen LogP contribution in [0.3, 0.4) is 0 Å². The number of aliphatic imine (C=N–C) groups is 1. The second-order valence-corrected chi connectivity index (χ2v) is 2.62. The van der Waals surface area contributed by atoms with Crippen molar-refractivity contribution in [2.24, 2.45) is 4.99 Å². The number of rotatable bonds is 1. The lowest BCUT2D eigenvalue weighted by molar-refractivity contribution is 1.53. The summed E-state index contributed by atoms with van der Waals surface area (Å²) in [6.07, 6.45) is 0. The highest BCUT2D eigenvalue weighted by Crippen LogP contribution is 2.05. The fourth-order valence-electron chi connectivity index (χ4n) is 0.852. The molecule has 1 aliphatic heterocycles. The molecule has 3 heteroatoms. The highest BCUT2D eigenvalue weighted by molar-refractivity contribution is 8.10. The summed E-state index contributed by atoms with van der Waals surface area (Å²) in [5, 5.41) is 0. The lowest BCUT2D eigenvalue weighted by Crippen LogP contribution is -1.97. The molecule has 0 N–H and O–H groups in total. The van der Waals surface area contributed by atoms with Crippen LogP contribution in [0, 0.1) is 0 Å². The Kier molecular flexibility index (Phi) is 1.73. The molecule has 0 aromatic heterocycles. The topological polar surface area (TPSA) is 26.5 Å². The van der Waals surface area contributed by atoms with Gasteiger partial charge in [0.25, 0.3) is 0 Å². The highest BCUT2D eigenvalue weighted by Gasteiger charge is 2.18. The molecule has 1 heterocycles. The third kappa shape index (κ3) is 1.33. The van der Waals surface area contributed by atoms with E-state index in [2.05, 4.69) is 14.9 Å². The molecule has 0 amide bonds. The number of hydrogen-bond donors (Lipinski definition) is 0. The van der Waals surface area contributed by atoms with Crippen molar-refractivity contribution in [3.63, 3.8) is 0 Å². The van der Waals surface area contributed by atoms with Crippen LogP contribution in [-0.2, 0) is 0 Å². The molecule has 1 aromatic rings. The fourth-order valence-corrected chi connectivity index (χ4v) is 1.25. The van der Waals surface area contributed by atoms with Gasteiger partial charge in [-0.3, -0.25) is 0 Å². The summed E-state index contributed by atoms with van der Waals surface area (Å²) in [5.74, 6) is 0.760. The second kappa shape index (κ2) is 2.88. The van der Waals surface area contributed by atoms with Gasteiger partial charge in [0.2, 0.25) is 11.9 Å². The van der Waals surface area contributed by atoms with Crippen LogP contribution in [0.25, 0.3) is 0 Å². The van der Waals surface area contributed by atoms with E-state index >= 15 is 0 Å². The summed E-state index contributed by atoms with van der Waals surface area (Å²) in [6, 6.07) is 9.87. The Labute approximate surface area is 69.2 Å². The van der Waals surface area contributed by atoms with E-state index in [0.717, 1.165) is 11.4 Å². The van der Waals surface area contributed by atoms with Crippen LogP contribution in [0.4, 0.5) is 0 Å². The summed E-state index contributed by atoms with van der Waals surface area (Å²) in [7, 11) is 0. The molecular formula is C8H5N2S+. The monoisotopic (exact) mass is 161 g/mol. The molecule has 0 unspecified atom stereocenters. The molecular weight excluding hydrogens is 156 g/mol. The van der Waals surface area contributed by atoms with Crippen LogP contribution in [0.2, 0.25) is 0 Å². The molecule has 0 saturated heterocycles. The fraction of sp³-hybridized carbons (Fsp3) is 0. The zero-order valence-electron chi connectivity index (χ0n) is 5.69. The number of benzene rings is 1. The first kappa shape index (κ1) is 6.61. The van der Waals surface area contributed by atoms with Crippen molar-refractivity contribution < 1.29 is 0 Å². The van der Waals surface area contributed by atoms with Gasteiger partial charge in [-0.2, -0.15) is 0 Å². The molecule has 2 radical (unpaired) electrons. The van der Waals surface area contributed by atoms with Crippen LogP contribution < -0.4 is 4.40 Å². The normalized spacial score (nSPS) is 15.1. The Bertz CT molecular complexity index is 303. The first-order chi connectivity index (χ1) is 5.47. The Morgan fingerprint density at radius 2 is 2.09 bits per heavy atom. The highest BCUT2D eigenvalue weighted by atomic mass is 32.2. The number of amidine groups is 1. The molecule has 0 fully saturated rings. The van der Waals surface area contributed by atoms with Crippen LogP contribution in [0.15, 0.2) is 35.3 Å². The van der Waals surface area contributed by atoms with E-state index in [4.69, 9.17) is 0 Å². The van der Waals surface area contributed by atoms with Gasteiger partial charge in [-0.25, -0.2) is 0 Å². The van der Waals surface area contributed by atoms with Crippen molar-refractivity contribution in [1.29, 1.82) is 0 Å². The summed E-state index contributed by atoms with van der Waals surface area (Å²) >= 11 is 1.25. The van der Waals surface area contributed by atoms with Gasteiger partial charge >= 0.3 is 11.4 Å². The van der Waals surface area contributed by atoms with Gasteiger partial charge in [0.05, 0.1) is 5.56 Å². The Morgan fingerprint density at radius 3 is 2.73 bits per heavy atom. The molecule has 0 spiro atoms. The average Bonchev–Trinajstić information content (AvgIpc) is 2.58. The van der Waals surface area contributed by atoms with Crippen molar-refractivity contribution in [2.75, 3.05) is 0 Å². The van der Waals surface area contributed by atoms with E-state index in [1.807, 2.05) is 30.3 Å². The van der Waals surface area contributed by atoms with E-state index in [1.54, 1.807) is 0 Å². The maximum absolute atomic E-state index is 4.06. The molecule has 11 heavy (non-hydrogen) atoms. The van der Waals surface area contributed by atoms with Gasteiger partial charge in [0.15, 0.2) is 0 Å². The van der Waals surface area contributed by atoms with E-state index in [9.17, 15) is 0 Å². The lowest BCUT2D eigenvalue weighted by Gasteiger charge is -1.85. The summed E-state index contributed by atoms with van der Waals surface area (Å²) < 4.78 is 4.06. The molecule has 2 rings (SSSR count). The number of nitrogens with zero attached hydrogens (tertiary/aromatic N) is 2. The predicted molar refractivity (Wildman–Crippen MR) is 47.7 cm³/mol. The second-order valence-electron chi connectivity index (χ2n) is 2.08. The van der Waals surface area contributed by atoms with Gasteiger partial charge in [-0.05, 0) is 17.1 Å². The van der Waals surface area contributed by atoms with Gasteiger partial charge < -0.3 is 0 Å². The third-order valence-electron chi connectivity index (χ3n) is 1.36. The van der Waals surface area contributed by atoms with Crippen LogP contribution in [-0.4, -0.2) is 11.4 Å². The van der Waals surface area contributed by atoms with Gasteiger partial charge in [0.1, 0.15) is 0 Å². The van der Waals surface area contributed by atoms with Gasteiger partial charge in [-0.1, -0.05) is 18.2 Å². The average molecular weight is 161 g/mol. The molecule has 1 aromatic carbocycles. The maximum atomic E-state index is 4.06. The van der Waals surface area contributed by atoms with E-state index < -0.39 is 0 Å². The standard InChI is InChI=1S/C8H5N2S/c1-2-4-7(5-3-1)8-9-6-11-10-8/h1-5H/q+1. The lowest BCUT2D eigenvalue weighted by atomic mass is 10.2. The SMILES string of the molecule is [C]1=NC(c2ccccc2)=[N+]S1. The largest absolute Gasteiger partial charge is 0.381 e. The molecule has 0 atom stereocenters. The van der Waals surface area contributed by atoms with Crippen LogP contribution >= 0.6 is 11.9 Å². The first-order valence-corrected chi connectivity index (χ1v) is 3.99. The van der Waals surface area contributed by atoms with Crippen LogP contribution in [0.1, 0.15) is 5.56 Å². The predicted octanol–water partition coefficient (Wildman–Crippen LogP) is 1.34. The molecule has 0 bridgehead atoms. The molecule has 52 valence electrons. The minimum Gasteiger partial charge on any atom is -0.0622 e.